The number of anilines is 1. The average Bonchev–Trinajstić information content (AvgIpc) is 2.30. The first-order valence-corrected chi connectivity index (χ1v) is 5.82. The summed E-state index contributed by atoms with van der Waals surface area (Å²) in [6.07, 6.45) is 0. The molecule has 0 bridgehead atoms. The summed E-state index contributed by atoms with van der Waals surface area (Å²) in [5.74, 6) is 0.517. The summed E-state index contributed by atoms with van der Waals surface area (Å²) in [5.41, 5.74) is 2.91. The number of benzene rings is 2. The molecule has 2 aromatic rings. The third-order valence-electron chi connectivity index (χ3n) is 2.64. The number of halogens is 1. The maximum absolute atomic E-state index is 13.8. The first kappa shape index (κ1) is 12.4. The van der Waals surface area contributed by atoms with Crippen molar-refractivity contribution in [3.05, 3.63) is 53.3 Å². The maximum atomic E-state index is 13.8. The highest BCUT2D eigenvalue weighted by molar-refractivity contribution is 5.48. The Bertz CT molecular complexity index is 546. The van der Waals surface area contributed by atoms with Crippen LogP contribution in [0.3, 0.4) is 0 Å². The molecular formula is C15H16FNO. The predicted octanol–water partition coefficient (Wildman–Crippen LogP) is 4.28. The van der Waals surface area contributed by atoms with Crippen LogP contribution in [0.2, 0.25) is 0 Å². The number of aryl methyl sites for hydroxylation is 2. The second-order valence-electron chi connectivity index (χ2n) is 4.32. The minimum absolute atomic E-state index is 0.235. The zero-order chi connectivity index (χ0) is 13.1. The van der Waals surface area contributed by atoms with Crippen molar-refractivity contribution in [2.75, 3.05) is 12.4 Å². The van der Waals surface area contributed by atoms with Gasteiger partial charge in [0.05, 0.1) is 0 Å². The summed E-state index contributed by atoms with van der Waals surface area (Å²) in [6, 6.07) is 10.6. The highest BCUT2D eigenvalue weighted by atomic mass is 19.1. The largest absolute Gasteiger partial charge is 0.454 e. The Morgan fingerprint density at radius 1 is 1.00 bits per heavy atom. The van der Waals surface area contributed by atoms with Gasteiger partial charge in [-0.2, -0.15) is 0 Å². The fraction of sp³-hybridized carbons (Fsp3) is 0.200. The number of nitrogens with one attached hydrogen (secondary N) is 1. The van der Waals surface area contributed by atoms with Crippen LogP contribution in [-0.4, -0.2) is 7.05 Å². The van der Waals surface area contributed by atoms with E-state index in [4.69, 9.17) is 4.74 Å². The van der Waals surface area contributed by atoms with Crippen molar-refractivity contribution in [3.8, 4) is 11.5 Å². The van der Waals surface area contributed by atoms with E-state index < -0.39 is 0 Å². The second kappa shape index (κ2) is 5.08. The minimum atomic E-state index is -0.374. The summed E-state index contributed by atoms with van der Waals surface area (Å²) >= 11 is 0. The Hall–Kier alpha value is -2.03. The van der Waals surface area contributed by atoms with Gasteiger partial charge in [-0.3, -0.25) is 0 Å². The smallest absolute Gasteiger partial charge is 0.167 e. The molecule has 0 aliphatic heterocycles. The standard InChI is InChI=1S/C15H16FNO/c1-10-6-11(2)8-13(7-10)18-15-5-4-12(17-3)9-14(15)16/h4-9,17H,1-3H3. The Balaban J connectivity index is 2.28. The lowest BCUT2D eigenvalue weighted by Crippen LogP contribution is -1.93. The molecule has 0 saturated carbocycles. The van der Waals surface area contributed by atoms with Crippen molar-refractivity contribution in [1.29, 1.82) is 0 Å². The molecular weight excluding hydrogens is 229 g/mol. The molecule has 2 nitrogen and oxygen atoms in total. The van der Waals surface area contributed by atoms with E-state index in [1.54, 1.807) is 19.2 Å². The highest BCUT2D eigenvalue weighted by Crippen LogP contribution is 2.27. The molecule has 0 spiro atoms. The van der Waals surface area contributed by atoms with E-state index >= 15 is 0 Å². The van der Waals surface area contributed by atoms with E-state index in [-0.39, 0.29) is 11.6 Å². The monoisotopic (exact) mass is 245 g/mol. The summed E-state index contributed by atoms with van der Waals surface area (Å²) in [5, 5.41) is 2.88. The zero-order valence-corrected chi connectivity index (χ0v) is 10.8. The first-order chi connectivity index (χ1) is 8.58. The fourth-order valence-electron chi connectivity index (χ4n) is 1.86. The van der Waals surface area contributed by atoms with Gasteiger partial charge in [0, 0.05) is 18.8 Å². The van der Waals surface area contributed by atoms with Crippen molar-refractivity contribution in [2.45, 2.75) is 13.8 Å². The van der Waals surface area contributed by atoms with E-state index in [1.807, 2.05) is 32.0 Å². The van der Waals surface area contributed by atoms with Crippen molar-refractivity contribution >= 4 is 5.69 Å². The summed E-state index contributed by atoms with van der Waals surface area (Å²) in [4.78, 5) is 0. The Labute approximate surface area is 106 Å². The van der Waals surface area contributed by atoms with Gasteiger partial charge < -0.3 is 10.1 Å². The van der Waals surface area contributed by atoms with Gasteiger partial charge in [0.25, 0.3) is 0 Å². The first-order valence-electron chi connectivity index (χ1n) is 5.82. The second-order valence-corrected chi connectivity index (χ2v) is 4.32. The molecule has 94 valence electrons. The molecule has 2 aromatic carbocycles. The van der Waals surface area contributed by atoms with Crippen molar-refractivity contribution in [1.82, 2.24) is 0 Å². The molecule has 0 atom stereocenters. The Morgan fingerprint density at radius 2 is 1.67 bits per heavy atom. The van der Waals surface area contributed by atoms with Crippen LogP contribution in [0.5, 0.6) is 11.5 Å². The molecule has 3 heteroatoms. The molecule has 1 N–H and O–H groups in total. The van der Waals surface area contributed by atoms with Crippen LogP contribution in [0, 0.1) is 19.7 Å². The van der Waals surface area contributed by atoms with E-state index in [0.29, 0.717) is 5.75 Å². The summed E-state index contributed by atoms with van der Waals surface area (Å²) in [7, 11) is 1.75. The molecule has 0 radical (unpaired) electrons. The molecule has 0 amide bonds. The zero-order valence-electron chi connectivity index (χ0n) is 10.8. The lowest BCUT2D eigenvalue weighted by Gasteiger charge is -2.09. The topological polar surface area (TPSA) is 21.3 Å². The van der Waals surface area contributed by atoms with Gasteiger partial charge in [-0.05, 0) is 49.2 Å². The van der Waals surface area contributed by atoms with Crippen molar-refractivity contribution < 1.29 is 9.13 Å². The molecule has 0 saturated heterocycles. The Kier molecular flexibility index (Phi) is 3.51. The third kappa shape index (κ3) is 2.80. The quantitative estimate of drug-likeness (QED) is 0.871. The summed E-state index contributed by atoms with van der Waals surface area (Å²) < 4.78 is 19.3. The molecule has 0 aliphatic carbocycles. The van der Waals surface area contributed by atoms with Gasteiger partial charge in [0.1, 0.15) is 5.75 Å². The van der Waals surface area contributed by atoms with E-state index in [9.17, 15) is 4.39 Å². The van der Waals surface area contributed by atoms with Crippen LogP contribution in [0.25, 0.3) is 0 Å². The van der Waals surface area contributed by atoms with Crippen molar-refractivity contribution in [2.24, 2.45) is 0 Å². The Morgan fingerprint density at radius 3 is 2.22 bits per heavy atom. The normalized spacial score (nSPS) is 10.2. The van der Waals surface area contributed by atoms with Crippen LogP contribution in [-0.2, 0) is 0 Å². The molecule has 0 heterocycles. The van der Waals surface area contributed by atoms with E-state index in [2.05, 4.69) is 5.32 Å². The third-order valence-corrected chi connectivity index (χ3v) is 2.64. The highest BCUT2D eigenvalue weighted by Gasteiger charge is 2.06. The number of ether oxygens (including phenoxy) is 1. The molecule has 2 rings (SSSR count). The van der Waals surface area contributed by atoms with Crippen LogP contribution in [0.4, 0.5) is 10.1 Å². The van der Waals surface area contributed by atoms with Crippen LogP contribution >= 0.6 is 0 Å². The van der Waals surface area contributed by atoms with Crippen LogP contribution < -0.4 is 10.1 Å². The average molecular weight is 245 g/mol. The molecule has 0 aromatic heterocycles. The van der Waals surface area contributed by atoms with Crippen LogP contribution in [0.15, 0.2) is 36.4 Å². The van der Waals surface area contributed by atoms with Gasteiger partial charge in [0.15, 0.2) is 11.6 Å². The fourth-order valence-corrected chi connectivity index (χ4v) is 1.86. The van der Waals surface area contributed by atoms with Gasteiger partial charge in [-0.1, -0.05) is 6.07 Å². The van der Waals surface area contributed by atoms with Gasteiger partial charge in [-0.15, -0.1) is 0 Å². The molecule has 0 unspecified atom stereocenters. The minimum Gasteiger partial charge on any atom is -0.454 e. The van der Waals surface area contributed by atoms with E-state index in [0.717, 1.165) is 16.8 Å². The molecule has 18 heavy (non-hydrogen) atoms. The maximum Gasteiger partial charge on any atom is 0.167 e. The van der Waals surface area contributed by atoms with Gasteiger partial charge in [-0.25, -0.2) is 4.39 Å². The summed E-state index contributed by atoms with van der Waals surface area (Å²) in [6.45, 7) is 3.97. The predicted molar refractivity (Wildman–Crippen MR) is 71.9 cm³/mol. The lowest BCUT2D eigenvalue weighted by atomic mass is 10.1. The van der Waals surface area contributed by atoms with Crippen LogP contribution in [0.1, 0.15) is 11.1 Å². The molecule has 0 fully saturated rings. The number of hydrogen-bond acceptors (Lipinski definition) is 2. The SMILES string of the molecule is CNc1ccc(Oc2cc(C)cc(C)c2)c(F)c1. The number of hydrogen-bond donors (Lipinski definition) is 1. The van der Waals surface area contributed by atoms with E-state index in [1.165, 1.54) is 6.07 Å². The molecule has 0 aliphatic rings. The van der Waals surface area contributed by atoms with Gasteiger partial charge >= 0.3 is 0 Å². The lowest BCUT2D eigenvalue weighted by molar-refractivity contribution is 0.442. The van der Waals surface area contributed by atoms with Gasteiger partial charge in [0.2, 0.25) is 0 Å². The number of rotatable bonds is 3. The van der Waals surface area contributed by atoms with Crippen molar-refractivity contribution in [3.63, 3.8) is 0 Å².